The first kappa shape index (κ1) is 12.8. The standard InChI is InChI=1S/C9H20O4/c1-8(11)9(12,13)6-4-2-3-5-7-10/h8,10-13H,2-7H2,1H3. The number of hydrogen-bond acceptors (Lipinski definition) is 4. The lowest BCUT2D eigenvalue weighted by molar-refractivity contribution is -0.223. The average molecular weight is 192 g/mol. The summed E-state index contributed by atoms with van der Waals surface area (Å²) < 4.78 is 0. The number of unbranched alkanes of at least 4 members (excludes halogenated alkanes) is 3. The van der Waals surface area contributed by atoms with E-state index in [2.05, 4.69) is 0 Å². The maximum atomic E-state index is 9.20. The molecule has 0 rings (SSSR count). The Labute approximate surface area is 78.8 Å². The van der Waals surface area contributed by atoms with E-state index < -0.39 is 11.9 Å². The van der Waals surface area contributed by atoms with E-state index in [4.69, 9.17) is 10.2 Å². The van der Waals surface area contributed by atoms with E-state index in [0.717, 1.165) is 19.3 Å². The third kappa shape index (κ3) is 5.99. The third-order valence-electron chi connectivity index (χ3n) is 2.12. The number of rotatable bonds is 7. The number of aliphatic hydroxyl groups excluding tert-OH is 2. The molecular weight excluding hydrogens is 172 g/mol. The van der Waals surface area contributed by atoms with E-state index in [9.17, 15) is 10.2 Å². The predicted octanol–water partition coefficient (Wildman–Crippen LogP) is -0.00910. The van der Waals surface area contributed by atoms with E-state index in [1.807, 2.05) is 0 Å². The van der Waals surface area contributed by atoms with Crippen LogP contribution in [-0.2, 0) is 0 Å². The summed E-state index contributed by atoms with van der Waals surface area (Å²) in [5.74, 6) is -1.96. The minimum absolute atomic E-state index is 0.177. The Kier molecular flexibility index (Phi) is 6.24. The Morgan fingerprint density at radius 2 is 1.62 bits per heavy atom. The Bertz CT molecular complexity index is 123. The lowest BCUT2D eigenvalue weighted by atomic mass is 10.0. The Hall–Kier alpha value is -0.160. The molecule has 4 nitrogen and oxygen atoms in total. The van der Waals surface area contributed by atoms with E-state index in [-0.39, 0.29) is 13.0 Å². The molecule has 0 spiro atoms. The molecule has 0 aromatic rings. The van der Waals surface area contributed by atoms with Crippen LogP contribution >= 0.6 is 0 Å². The first-order chi connectivity index (χ1) is 6.00. The van der Waals surface area contributed by atoms with Crippen LogP contribution in [0.2, 0.25) is 0 Å². The van der Waals surface area contributed by atoms with Crippen molar-refractivity contribution in [3.8, 4) is 0 Å². The molecule has 0 radical (unpaired) electrons. The molecule has 0 aromatic heterocycles. The van der Waals surface area contributed by atoms with Gasteiger partial charge in [0.2, 0.25) is 0 Å². The van der Waals surface area contributed by atoms with Gasteiger partial charge in [-0.25, -0.2) is 0 Å². The van der Waals surface area contributed by atoms with Gasteiger partial charge in [-0.1, -0.05) is 12.8 Å². The monoisotopic (exact) mass is 192 g/mol. The second-order valence-corrected chi connectivity index (χ2v) is 3.44. The highest BCUT2D eigenvalue weighted by atomic mass is 16.5. The van der Waals surface area contributed by atoms with Gasteiger partial charge in [0.1, 0.15) is 6.10 Å². The Morgan fingerprint density at radius 1 is 1.08 bits per heavy atom. The molecule has 4 heteroatoms. The maximum absolute atomic E-state index is 9.20. The van der Waals surface area contributed by atoms with Crippen LogP contribution in [0.3, 0.4) is 0 Å². The van der Waals surface area contributed by atoms with Crippen LogP contribution < -0.4 is 0 Å². The highest BCUT2D eigenvalue weighted by Crippen LogP contribution is 2.16. The molecule has 0 aliphatic carbocycles. The fraction of sp³-hybridized carbons (Fsp3) is 1.00. The summed E-state index contributed by atoms with van der Waals surface area (Å²) in [6, 6.07) is 0. The van der Waals surface area contributed by atoms with Gasteiger partial charge in [0.05, 0.1) is 0 Å². The summed E-state index contributed by atoms with van der Waals surface area (Å²) in [6.45, 7) is 1.54. The lowest BCUT2D eigenvalue weighted by Crippen LogP contribution is -2.40. The van der Waals surface area contributed by atoms with E-state index in [1.165, 1.54) is 6.92 Å². The van der Waals surface area contributed by atoms with Crippen LogP contribution in [0.1, 0.15) is 39.0 Å². The van der Waals surface area contributed by atoms with Crippen molar-refractivity contribution in [3.05, 3.63) is 0 Å². The maximum Gasteiger partial charge on any atom is 0.189 e. The molecule has 0 aromatic carbocycles. The lowest BCUT2D eigenvalue weighted by Gasteiger charge is -2.24. The van der Waals surface area contributed by atoms with Crippen LogP contribution in [0.4, 0.5) is 0 Å². The zero-order valence-corrected chi connectivity index (χ0v) is 8.11. The smallest absolute Gasteiger partial charge is 0.189 e. The molecule has 1 unspecified atom stereocenters. The Morgan fingerprint density at radius 3 is 2.08 bits per heavy atom. The van der Waals surface area contributed by atoms with Crippen molar-refractivity contribution < 1.29 is 20.4 Å². The van der Waals surface area contributed by atoms with E-state index in [1.54, 1.807) is 0 Å². The van der Waals surface area contributed by atoms with Crippen molar-refractivity contribution in [2.75, 3.05) is 6.61 Å². The summed E-state index contributed by atoms with van der Waals surface area (Å²) in [6.07, 6.45) is 2.18. The molecule has 4 N–H and O–H groups in total. The van der Waals surface area contributed by atoms with Crippen molar-refractivity contribution in [1.82, 2.24) is 0 Å². The molecular formula is C9H20O4. The van der Waals surface area contributed by atoms with Gasteiger partial charge in [-0.3, -0.25) is 0 Å². The van der Waals surface area contributed by atoms with Gasteiger partial charge in [-0.15, -0.1) is 0 Å². The first-order valence-electron chi connectivity index (χ1n) is 4.74. The van der Waals surface area contributed by atoms with Crippen LogP contribution in [-0.4, -0.2) is 38.9 Å². The van der Waals surface area contributed by atoms with Crippen molar-refractivity contribution in [2.24, 2.45) is 0 Å². The van der Waals surface area contributed by atoms with Crippen LogP contribution in [0.5, 0.6) is 0 Å². The average Bonchev–Trinajstić information content (AvgIpc) is 2.03. The topological polar surface area (TPSA) is 80.9 Å². The van der Waals surface area contributed by atoms with Crippen LogP contribution in [0.15, 0.2) is 0 Å². The van der Waals surface area contributed by atoms with Crippen LogP contribution in [0.25, 0.3) is 0 Å². The zero-order chi connectivity index (χ0) is 10.3. The molecule has 0 fully saturated rings. The van der Waals surface area contributed by atoms with Gasteiger partial charge >= 0.3 is 0 Å². The molecule has 0 aliphatic rings. The summed E-state index contributed by atoms with van der Waals surface area (Å²) in [5, 5.41) is 35.8. The molecule has 0 saturated carbocycles. The van der Waals surface area contributed by atoms with E-state index >= 15 is 0 Å². The fourth-order valence-electron chi connectivity index (χ4n) is 1.06. The molecule has 0 heterocycles. The summed E-state index contributed by atoms with van der Waals surface area (Å²) >= 11 is 0. The van der Waals surface area contributed by atoms with Crippen molar-refractivity contribution in [1.29, 1.82) is 0 Å². The van der Waals surface area contributed by atoms with E-state index in [0.29, 0.717) is 6.42 Å². The second kappa shape index (κ2) is 6.32. The van der Waals surface area contributed by atoms with Crippen molar-refractivity contribution in [2.45, 2.75) is 50.9 Å². The largest absolute Gasteiger partial charge is 0.396 e. The first-order valence-corrected chi connectivity index (χ1v) is 4.74. The van der Waals surface area contributed by atoms with Crippen LogP contribution in [0, 0.1) is 0 Å². The minimum Gasteiger partial charge on any atom is -0.396 e. The quantitative estimate of drug-likeness (QED) is 0.338. The minimum atomic E-state index is -1.96. The van der Waals surface area contributed by atoms with Crippen molar-refractivity contribution in [3.63, 3.8) is 0 Å². The number of hydrogen-bond donors (Lipinski definition) is 4. The van der Waals surface area contributed by atoms with Gasteiger partial charge in [0.15, 0.2) is 5.79 Å². The molecule has 0 saturated heterocycles. The molecule has 0 amide bonds. The van der Waals surface area contributed by atoms with Gasteiger partial charge in [-0.2, -0.15) is 0 Å². The molecule has 1 atom stereocenters. The second-order valence-electron chi connectivity index (χ2n) is 3.44. The van der Waals surface area contributed by atoms with Gasteiger partial charge in [0.25, 0.3) is 0 Å². The van der Waals surface area contributed by atoms with Crippen molar-refractivity contribution >= 4 is 0 Å². The zero-order valence-electron chi connectivity index (χ0n) is 8.11. The summed E-state index contributed by atoms with van der Waals surface area (Å²) in [7, 11) is 0. The SMILES string of the molecule is CC(O)C(O)(O)CCCCCCO. The van der Waals surface area contributed by atoms with Gasteiger partial charge < -0.3 is 20.4 Å². The summed E-state index contributed by atoms with van der Waals surface area (Å²) in [5.41, 5.74) is 0. The molecule has 0 aliphatic heterocycles. The third-order valence-corrected chi connectivity index (χ3v) is 2.12. The molecule has 13 heavy (non-hydrogen) atoms. The highest BCUT2D eigenvalue weighted by molar-refractivity contribution is 4.70. The number of aliphatic hydroxyl groups is 4. The fourth-order valence-corrected chi connectivity index (χ4v) is 1.06. The normalized spacial score (nSPS) is 14.5. The Balaban J connectivity index is 3.41. The predicted molar refractivity (Wildman–Crippen MR) is 49.0 cm³/mol. The summed E-state index contributed by atoms with van der Waals surface area (Å²) in [4.78, 5) is 0. The molecule has 0 bridgehead atoms. The van der Waals surface area contributed by atoms with Gasteiger partial charge in [-0.05, 0) is 19.8 Å². The molecule has 80 valence electrons. The highest BCUT2D eigenvalue weighted by Gasteiger charge is 2.28. The van der Waals surface area contributed by atoms with Gasteiger partial charge in [0, 0.05) is 13.0 Å².